The largest absolute Gasteiger partial charge is 0.340 e. The second-order valence-electron chi connectivity index (χ2n) is 2.44. The van der Waals surface area contributed by atoms with Gasteiger partial charge < -0.3 is 5.32 Å². The van der Waals surface area contributed by atoms with Crippen LogP contribution in [0.3, 0.4) is 0 Å². The van der Waals surface area contributed by atoms with Crippen LogP contribution in [0.1, 0.15) is 13.8 Å². The van der Waals surface area contributed by atoms with E-state index in [0.29, 0.717) is 0 Å². The minimum Gasteiger partial charge on any atom is -0.340 e. The molecule has 1 aliphatic rings. The van der Waals surface area contributed by atoms with E-state index in [4.69, 9.17) is 5.26 Å². The van der Waals surface area contributed by atoms with Crippen LogP contribution in [0.4, 0.5) is 0 Å². The van der Waals surface area contributed by atoms with E-state index in [0.717, 1.165) is 9.99 Å². The summed E-state index contributed by atoms with van der Waals surface area (Å²) in [5, 5.41) is 11.5. The zero-order valence-electron chi connectivity index (χ0n) is 7.46. The molecular weight excluding hydrogens is 204 g/mol. The molecule has 0 aromatic rings. The molecule has 0 saturated carbocycles. The second-order valence-corrected chi connectivity index (χ2v) is 5.32. The van der Waals surface area contributed by atoms with Gasteiger partial charge in [-0.3, -0.25) is 4.79 Å². The maximum Gasteiger partial charge on any atom is 0.264 e. The number of carbonyl (C=O) groups is 1. The molecule has 3 nitrogen and oxygen atoms in total. The van der Waals surface area contributed by atoms with Gasteiger partial charge in [0.05, 0.1) is 9.61 Å². The molecule has 1 N–H and O–H groups in total. The van der Waals surface area contributed by atoms with Crippen molar-refractivity contribution in [2.75, 3.05) is 5.75 Å². The van der Waals surface area contributed by atoms with Gasteiger partial charge in [0.1, 0.15) is 11.6 Å². The molecule has 13 heavy (non-hydrogen) atoms. The standard InChI is InChI=1S/C8H10N2OS2/c1-3-12-8-6(4-9)7(11)10-5(2)13-8/h5H,3H2,1-2H3,(H,10,11)/t5-/m0/s1. The van der Waals surface area contributed by atoms with Gasteiger partial charge in [-0.2, -0.15) is 5.26 Å². The Labute approximate surface area is 85.9 Å². The van der Waals surface area contributed by atoms with Gasteiger partial charge in [-0.25, -0.2) is 0 Å². The summed E-state index contributed by atoms with van der Waals surface area (Å²) in [6.07, 6.45) is 0. The smallest absolute Gasteiger partial charge is 0.264 e. The Morgan fingerprint density at radius 2 is 2.46 bits per heavy atom. The summed E-state index contributed by atoms with van der Waals surface area (Å²) in [5.74, 6) is 0.637. The van der Waals surface area contributed by atoms with Crippen LogP contribution >= 0.6 is 23.5 Å². The van der Waals surface area contributed by atoms with E-state index < -0.39 is 0 Å². The lowest BCUT2D eigenvalue weighted by atomic mass is 10.3. The first kappa shape index (κ1) is 10.5. The predicted octanol–water partition coefficient (Wildman–Crippen LogP) is 1.68. The lowest BCUT2D eigenvalue weighted by Crippen LogP contribution is -2.34. The molecule has 0 spiro atoms. The van der Waals surface area contributed by atoms with Crippen LogP contribution < -0.4 is 5.32 Å². The number of amides is 1. The molecule has 0 aromatic heterocycles. The lowest BCUT2D eigenvalue weighted by Gasteiger charge is -2.21. The first-order chi connectivity index (χ1) is 6.19. The zero-order chi connectivity index (χ0) is 9.84. The Balaban J connectivity index is 2.93. The van der Waals surface area contributed by atoms with Crippen molar-refractivity contribution in [2.45, 2.75) is 19.2 Å². The molecule has 1 heterocycles. The minimum absolute atomic E-state index is 0.0682. The van der Waals surface area contributed by atoms with Crippen molar-refractivity contribution in [2.24, 2.45) is 0 Å². The summed E-state index contributed by atoms with van der Waals surface area (Å²) in [5.41, 5.74) is 0.259. The molecule has 0 aromatic carbocycles. The summed E-state index contributed by atoms with van der Waals surface area (Å²) in [4.78, 5) is 11.3. The zero-order valence-corrected chi connectivity index (χ0v) is 9.09. The summed E-state index contributed by atoms with van der Waals surface area (Å²) < 4.78 is 0.848. The maximum atomic E-state index is 11.3. The molecule has 0 bridgehead atoms. The number of nitriles is 1. The lowest BCUT2D eigenvalue weighted by molar-refractivity contribution is -0.117. The van der Waals surface area contributed by atoms with Crippen molar-refractivity contribution in [1.82, 2.24) is 5.32 Å². The first-order valence-corrected chi connectivity index (χ1v) is 5.80. The van der Waals surface area contributed by atoms with E-state index in [1.165, 1.54) is 11.8 Å². The minimum atomic E-state index is -0.246. The summed E-state index contributed by atoms with van der Waals surface area (Å²) in [6, 6.07) is 1.94. The molecule has 0 aliphatic carbocycles. The van der Waals surface area contributed by atoms with Crippen molar-refractivity contribution >= 4 is 29.4 Å². The number of rotatable bonds is 2. The molecule has 0 radical (unpaired) electrons. The van der Waals surface area contributed by atoms with E-state index in [-0.39, 0.29) is 16.9 Å². The number of carbonyl (C=O) groups excluding carboxylic acids is 1. The third-order valence-electron chi connectivity index (χ3n) is 1.44. The van der Waals surface area contributed by atoms with Crippen molar-refractivity contribution in [3.05, 3.63) is 9.81 Å². The Morgan fingerprint density at radius 3 is 3.00 bits per heavy atom. The summed E-state index contributed by atoms with van der Waals surface area (Å²) >= 11 is 3.09. The van der Waals surface area contributed by atoms with Crippen molar-refractivity contribution in [1.29, 1.82) is 5.26 Å². The molecule has 5 heteroatoms. The Morgan fingerprint density at radius 1 is 1.77 bits per heavy atom. The van der Waals surface area contributed by atoms with Gasteiger partial charge in [0.15, 0.2) is 0 Å². The van der Waals surface area contributed by atoms with E-state index in [9.17, 15) is 4.79 Å². The molecule has 0 saturated heterocycles. The molecule has 1 amide bonds. The van der Waals surface area contributed by atoms with E-state index in [1.807, 2.05) is 19.9 Å². The molecule has 1 atom stereocenters. The van der Waals surface area contributed by atoms with Crippen LogP contribution in [0.15, 0.2) is 9.81 Å². The highest BCUT2D eigenvalue weighted by molar-refractivity contribution is 8.22. The van der Waals surface area contributed by atoms with E-state index >= 15 is 0 Å². The van der Waals surface area contributed by atoms with Gasteiger partial charge in [0.25, 0.3) is 5.91 Å². The third kappa shape index (κ3) is 2.42. The van der Waals surface area contributed by atoms with Crippen LogP contribution in [0.2, 0.25) is 0 Å². The van der Waals surface area contributed by atoms with Crippen molar-refractivity contribution < 1.29 is 4.79 Å². The van der Waals surface area contributed by atoms with Gasteiger partial charge in [-0.15, -0.1) is 11.8 Å². The van der Waals surface area contributed by atoms with Crippen LogP contribution in [-0.4, -0.2) is 17.0 Å². The highest BCUT2D eigenvalue weighted by Gasteiger charge is 2.24. The second kappa shape index (κ2) is 4.58. The molecular formula is C8H10N2OS2. The number of thioether (sulfide) groups is 2. The average Bonchev–Trinajstić information content (AvgIpc) is 2.04. The molecule has 1 rings (SSSR count). The first-order valence-electron chi connectivity index (χ1n) is 3.93. The Kier molecular flexibility index (Phi) is 3.70. The van der Waals surface area contributed by atoms with Crippen LogP contribution in [0.25, 0.3) is 0 Å². The van der Waals surface area contributed by atoms with Gasteiger partial charge in [-0.05, 0) is 12.7 Å². The fourth-order valence-corrected chi connectivity index (χ4v) is 3.28. The normalized spacial score (nSPS) is 22.5. The average molecular weight is 214 g/mol. The Hall–Kier alpha value is -0.600. The Bertz CT molecular complexity index is 293. The van der Waals surface area contributed by atoms with Gasteiger partial charge in [-0.1, -0.05) is 18.7 Å². The monoisotopic (exact) mass is 214 g/mol. The van der Waals surface area contributed by atoms with E-state index in [2.05, 4.69) is 5.32 Å². The summed E-state index contributed by atoms with van der Waals surface area (Å²) in [6.45, 7) is 3.91. The van der Waals surface area contributed by atoms with Crippen LogP contribution in [0, 0.1) is 11.3 Å². The number of nitrogens with one attached hydrogen (secondary N) is 1. The van der Waals surface area contributed by atoms with Crippen LogP contribution in [-0.2, 0) is 4.79 Å². The topological polar surface area (TPSA) is 52.9 Å². The van der Waals surface area contributed by atoms with Crippen LogP contribution in [0.5, 0.6) is 0 Å². The van der Waals surface area contributed by atoms with Gasteiger partial charge >= 0.3 is 0 Å². The molecule has 0 unspecified atom stereocenters. The fourth-order valence-electron chi connectivity index (χ4n) is 0.932. The maximum absolute atomic E-state index is 11.3. The van der Waals surface area contributed by atoms with Gasteiger partial charge in [0.2, 0.25) is 0 Å². The quantitative estimate of drug-likeness (QED) is 0.760. The number of nitrogens with zero attached hydrogens (tertiary/aromatic N) is 1. The number of hydrogen-bond acceptors (Lipinski definition) is 4. The highest BCUT2D eigenvalue weighted by atomic mass is 32.2. The van der Waals surface area contributed by atoms with E-state index in [1.54, 1.807) is 11.8 Å². The highest BCUT2D eigenvalue weighted by Crippen LogP contribution is 2.36. The third-order valence-corrected chi connectivity index (χ3v) is 3.72. The predicted molar refractivity (Wildman–Crippen MR) is 56.0 cm³/mol. The SMILES string of the molecule is CCSC1=C(C#N)C(=O)N[C@H](C)S1. The molecule has 0 fully saturated rings. The molecule has 1 aliphatic heterocycles. The van der Waals surface area contributed by atoms with Crippen molar-refractivity contribution in [3.63, 3.8) is 0 Å². The fraction of sp³-hybridized carbons (Fsp3) is 0.500. The summed E-state index contributed by atoms with van der Waals surface area (Å²) in [7, 11) is 0. The molecule has 70 valence electrons. The van der Waals surface area contributed by atoms with Gasteiger partial charge in [0, 0.05) is 0 Å². The number of hydrogen-bond donors (Lipinski definition) is 1. The van der Waals surface area contributed by atoms with Crippen molar-refractivity contribution in [3.8, 4) is 6.07 Å².